The molecule has 0 spiro atoms. The van der Waals surface area contributed by atoms with E-state index in [0.717, 1.165) is 48.7 Å². The molecule has 92 valence electrons. The van der Waals surface area contributed by atoms with E-state index in [2.05, 4.69) is 6.92 Å². The van der Waals surface area contributed by atoms with Crippen LogP contribution in [0, 0.1) is 12.8 Å². The number of likely N-dealkylation sites (tertiary alicyclic amines) is 1. The molecule has 0 saturated carbocycles. The third-order valence-corrected chi connectivity index (χ3v) is 3.59. The first-order valence-corrected chi connectivity index (χ1v) is 6.23. The molecule has 17 heavy (non-hydrogen) atoms. The molecule has 3 nitrogen and oxygen atoms in total. The molecule has 0 radical (unpaired) electrons. The summed E-state index contributed by atoms with van der Waals surface area (Å²) < 4.78 is 0. The van der Waals surface area contributed by atoms with Crippen molar-refractivity contribution in [2.24, 2.45) is 5.92 Å². The van der Waals surface area contributed by atoms with E-state index >= 15 is 0 Å². The molecule has 0 atom stereocenters. The van der Waals surface area contributed by atoms with Crippen molar-refractivity contribution in [3.63, 3.8) is 0 Å². The van der Waals surface area contributed by atoms with Gasteiger partial charge in [0.15, 0.2) is 0 Å². The Morgan fingerprint density at radius 2 is 2.00 bits per heavy atom. The second-order valence-corrected chi connectivity index (χ2v) is 5.05. The van der Waals surface area contributed by atoms with Gasteiger partial charge in [-0.1, -0.05) is 6.92 Å². The van der Waals surface area contributed by atoms with Crippen molar-refractivity contribution in [2.75, 3.05) is 18.8 Å². The van der Waals surface area contributed by atoms with Gasteiger partial charge in [0, 0.05) is 24.3 Å². The van der Waals surface area contributed by atoms with Gasteiger partial charge >= 0.3 is 0 Å². The van der Waals surface area contributed by atoms with Gasteiger partial charge in [-0.05, 0) is 49.4 Å². The molecular formula is C14H20N2O. The number of nitrogen functional groups attached to an aromatic ring is 1. The molecule has 1 fully saturated rings. The molecule has 2 N–H and O–H groups in total. The highest BCUT2D eigenvalue weighted by Gasteiger charge is 2.21. The molecule has 1 amide bonds. The predicted octanol–water partition coefficient (Wildman–Crippen LogP) is 2.45. The highest BCUT2D eigenvalue weighted by atomic mass is 16.2. The summed E-state index contributed by atoms with van der Waals surface area (Å²) in [4.78, 5) is 14.2. The Morgan fingerprint density at radius 1 is 1.35 bits per heavy atom. The van der Waals surface area contributed by atoms with Crippen molar-refractivity contribution in [3.8, 4) is 0 Å². The number of hydrogen-bond donors (Lipinski definition) is 1. The number of amides is 1. The zero-order chi connectivity index (χ0) is 12.4. The highest BCUT2D eigenvalue weighted by molar-refractivity contribution is 5.94. The number of anilines is 1. The van der Waals surface area contributed by atoms with E-state index in [1.807, 2.05) is 30.0 Å². The summed E-state index contributed by atoms with van der Waals surface area (Å²) in [7, 11) is 0. The standard InChI is InChI=1S/C14H20N2O/c1-10-5-7-16(8-6-10)14(17)12-3-4-13(15)11(2)9-12/h3-4,9-10H,5-8,15H2,1-2H3. The van der Waals surface area contributed by atoms with Gasteiger partial charge in [-0.2, -0.15) is 0 Å². The zero-order valence-corrected chi connectivity index (χ0v) is 10.6. The molecule has 1 aliphatic heterocycles. The lowest BCUT2D eigenvalue weighted by molar-refractivity contribution is 0.0697. The van der Waals surface area contributed by atoms with Crippen molar-refractivity contribution in [3.05, 3.63) is 29.3 Å². The van der Waals surface area contributed by atoms with Crippen LogP contribution in [-0.4, -0.2) is 23.9 Å². The number of nitrogens with two attached hydrogens (primary N) is 1. The first kappa shape index (κ1) is 12.0. The molecule has 2 rings (SSSR count). The minimum absolute atomic E-state index is 0.139. The van der Waals surface area contributed by atoms with Gasteiger partial charge in [0.2, 0.25) is 0 Å². The van der Waals surface area contributed by atoms with Crippen LogP contribution >= 0.6 is 0 Å². The Balaban J connectivity index is 2.11. The van der Waals surface area contributed by atoms with E-state index in [4.69, 9.17) is 5.73 Å². The fourth-order valence-electron chi connectivity index (χ4n) is 2.20. The predicted molar refractivity (Wildman–Crippen MR) is 69.9 cm³/mol. The van der Waals surface area contributed by atoms with E-state index in [1.54, 1.807) is 0 Å². The maximum absolute atomic E-state index is 12.3. The number of carbonyl (C=O) groups excluding carboxylic acids is 1. The van der Waals surface area contributed by atoms with Crippen LogP contribution < -0.4 is 5.73 Å². The van der Waals surface area contributed by atoms with Gasteiger partial charge in [-0.25, -0.2) is 0 Å². The van der Waals surface area contributed by atoms with Crippen LogP contribution in [-0.2, 0) is 0 Å². The molecule has 1 heterocycles. The van der Waals surface area contributed by atoms with Crippen LogP contribution in [0.25, 0.3) is 0 Å². The number of nitrogens with zero attached hydrogens (tertiary/aromatic N) is 1. The van der Waals surface area contributed by atoms with Crippen LogP contribution in [0.5, 0.6) is 0 Å². The second kappa shape index (κ2) is 4.78. The maximum atomic E-state index is 12.3. The third-order valence-electron chi connectivity index (χ3n) is 3.59. The first-order chi connectivity index (χ1) is 8.08. The van der Waals surface area contributed by atoms with Gasteiger partial charge in [-0.3, -0.25) is 4.79 Å². The van der Waals surface area contributed by atoms with Gasteiger partial charge < -0.3 is 10.6 Å². The smallest absolute Gasteiger partial charge is 0.253 e. The first-order valence-electron chi connectivity index (χ1n) is 6.23. The zero-order valence-electron chi connectivity index (χ0n) is 10.6. The Morgan fingerprint density at radius 3 is 2.59 bits per heavy atom. The lowest BCUT2D eigenvalue weighted by Crippen LogP contribution is -2.37. The number of carbonyl (C=O) groups is 1. The summed E-state index contributed by atoms with van der Waals surface area (Å²) in [5, 5.41) is 0. The summed E-state index contributed by atoms with van der Waals surface area (Å²) >= 11 is 0. The number of benzene rings is 1. The molecular weight excluding hydrogens is 212 g/mol. The van der Waals surface area contributed by atoms with Crippen LogP contribution in [0.3, 0.4) is 0 Å². The van der Waals surface area contributed by atoms with E-state index in [0.29, 0.717) is 0 Å². The van der Waals surface area contributed by atoms with E-state index in [9.17, 15) is 4.79 Å². The summed E-state index contributed by atoms with van der Waals surface area (Å²) in [6.07, 6.45) is 2.22. The Hall–Kier alpha value is -1.51. The topological polar surface area (TPSA) is 46.3 Å². The van der Waals surface area contributed by atoms with Crippen molar-refractivity contribution in [1.82, 2.24) is 4.90 Å². The van der Waals surface area contributed by atoms with Crippen LogP contribution in [0.1, 0.15) is 35.7 Å². The molecule has 1 saturated heterocycles. The van der Waals surface area contributed by atoms with Crippen LogP contribution in [0.2, 0.25) is 0 Å². The molecule has 1 aromatic rings. The third kappa shape index (κ3) is 2.60. The minimum Gasteiger partial charge on any atom is -0.399 e. The lowest BCUT2D eigenvalue weighted by Gasteiger charge is -2.30. The fraction of sp³-hybridized carbons (Fsp3) is 0.500. The molecule has 1 aliphatic rings. The Labute approximate surface area is 103 Å². The van der Waals surface area contributed by atoms with Gasteiger partial charge in [0.25, 0.3) is 5.91 Å². The quantitative estimate of drug-likeness (QED) is 0.756. The van der Waals surface area contributed by atoms with Crippen molar-refractivity contribution < 1.29 is 4.79 Å². The molecule has 0 bridgehead atoms. The van der Waals surface area contributed by atoms with Gasteiger partial charge in [0.1, 0.15) is 0 Å². The summed E-state index contributed by atoms with van der Waals surface area (Å²) in [6, 6.07) is 5.52. The second-order valence-electron chi connectivity index (χ2n) is 5.05. The summed E-state index contributed by atoms with van der Waals surface area (Å²) in [5.41, 5.74) is 8.23. The van der Waals surface area contributed by atoms with Gasteiger partial charge in [0.05, 0.1) is 0 Å². The number of rotatable bonds is 1. The number of piperidine rings is 1. The van der Waals surface area contributed by atoms with Crippen molar-refractivity contribution in [1.29, 1.82) is 0 Å². The highest BCUT2D eigenvalue weighted by Crippen LogP contribution is 2.19. The van der Waals surface area contributed by atoms with Crippen molar-refractivity contribution in [2.45, 2.75) is 26.7 Å². The summed E-state index contributed by atoms with van der Waals surface area (Å²) in [6.45, 7) is 5.94. The maximum Gasteiger partial charge on any atom is 0.253 e. The fourth-order valence-corrected chi connectivity index (χ4v) is 2.20. The molecule has 0 aliphatic carbocycles. The van der Waals surface area contributed by atoms with E-state index in [-0.39, 0.29) is 5.91 Å². The van der Waals surface area contributed by atoms with E-state index in [1.165, 1.54) is 0 Å². The monoisotopic (exact) mass is 232 g/mol. The Kier molecular flexibility index (Phi) is 3.36. The van der Waals surface area contributed by atoms with Crippen LogP contribution in [0.4, 0.5) is 5.69 Å². The SMILES string of the molecule is Cc1cc(C(=O)N2CCC(C)CC2)ccc1N. The molecule has 1 aromatic carbocycles. The lowest BCUT2D eigenvalue weighted by atomic mass is 9.98. The molecule has 0 aromatic heterocycles. The number of aryl methyl sites for hydroxylation is 1. The molecule has 3 heteroatoms. The normalized spacial score (nSPS) is 17.2. The average Bonchev–Trinajstić information content (AvgIpc) is 2.33. The summed E-state index contributed by atoms with van der Waals surface area (Å²) in [5.74, 6) is 0.882. The average molecular weight is 232 g/mol. The molecule has 0 unspecified atom stereocenters. The van der Waals surface area contributed by atoms with E-state index < -0.39 is 0 Å². The van der Waals surface area contributed by atoms with Crippen LogP contribution in [0.15, 0.2) is 18.2 Å². The Bertz CT molecular complexity index is 420. The van der Waals surface area contributed by atoms with Gasteiger partial charge in [-0.15, -0.1) is 0 Å². The number of hydrogen-bond acceptors (Lipinski definition) is 2. The largest absolute Gasteiger partial charge is 0.399 e. The van der Waals surface area contributed by atoms with Crippen molar-refractivity contribution >= 4 is 11.6 Å². The minimum atomic E-state index is 0.139.